The van der Waals surface area contributed by atoms with Crippen LogP contribution in [0.2, 0.25) is 0 Å². The first kappa shape index (κ1) is 24.6. The number of pyridine rings is 1. The van der Waals surface area contributed by atoms with Crippen LogP contribution in [0.4, 0.5) is 5.82 Å². The number of hydrogen-bond donors (Lipinski definition) is 1. The topological polar surface area (TPSA) is 115 Å². The molecule has 0 amide bonds. The van der Waals surface area contributed by atoms with Crippen molar-refractivity contribution in [3.8, 4) is 11.5 Å². The Morgan fingerprint density at radius 1 is 0.917 bits per heavy atom. The molecule has 1 aliphatic heterocycles. The lowest BCUT2D eigenvalue weighted by Gasteiger charge is -2.34. The summed E-state index contributed by atoms with van der Waals surface area (Å²) < 4.78 is 15.2. The average molecular weight is 488 g/mol. The van der Waals surface area contributed by atoms with Crippen LogP contribution in [-0.4, -0.2) is 54.7 Å². The second-order valence-corrected chi connectivity index (χ2v) is 7.93. The third kappa shape index (κ3) is 4.32. The molecule has 2 aromatic carbocycles. The van der Waals surface area contributed by atoms with Gasteiger partial charge in [-0.3, -0.25) is 19.3 Å². The van der Waals surface area contributed by atoms with E-state index in [4.69, 9.17) is 14.2 Å². The van der Waals surface area contributed by atoms with Gasteiger partial charge < -0.3 is 19.3 Å². The van der Waals surface area contributed by atoms with Crippen LogP contribution in [0.5, 0.6) is 11.5 Å². The Morgan fingerprint density at radius 3 is 2.06 bits per heavy atom. The molecule has 0 saturated heterocycles. The Hall–Kier alpha value is -4.50. The molecule has 1 unspecified atom stereocenters. The molecule has 184 valence electrons. The number of methoxy groups -OCH3 is 3. The van der Waals surface area contributed by atoms with Crippen molar-refractivity contribution in [3.05, 3.63) is 89.6 Å². The minimum Gasteiger partial charge on any atom is -0.497 e. The highest BCUT2D eigenvalue weighted by atomic mass is 16.5. The number of anilines is 1. The van der Waals surface area contributed by atoms with Gasteiger partial charge in [0.1, 0.15) is 23.7 Å². The molecule has 0 saturated carbocycles. The van der Waals surface area contributed by atoms with E-state index in [-0.39, 0.29) is 22.7 Å². The summed E-state index contributed by atoms with van der Waals surface area (Å²) in [7, 11) is 4.16. The Balaban J connectivity index is 1.98. The number of benzene rings is 2. The van der Waals surface area contributed by atoms with Gasteiger partial charge in [-0.1, -0.05) is 6.07 Å². The maximum atomic E-state index is 13.9. The number of carbonyl (C=O) groups is 3. The van der Waals surface area contributed by atoms with Crippen molar-refractivity contribution < 1.29 is 33.7 Å². The Kier molecular flexibility index (Phi) is 6.84. The predicted molar refractivity (Wildman–Crippen MR) is 131 cm³/mol. The molecule has 9 heteroatoms. The van der Waals surface area contributed by atoms with E-state index in [0.717, 1.165) is 7.11 Å². The van der Waals surface area contributed by atoms with Crippen molar-refractivity contribution in [1.29, 1.82) is 0 Å². The van der Waals surface area contributed by atoms with Crippen molar-refractivity contribution in [1.82, 2.24) is 4.98 Å². The lowest BCUT2D eigenvalue weighted by Crippen LogP contribution is -2.52. The van der Waals surface area contributed by atoms with Crippen LogP contribution in [0.25, 0.3) is 5.70 Å². The normalized spacial score (nSPS) is 17.2. The zero-order valence-corrected chi connectivity index (χ0v) is 19.9. The van der Waals surface area contributed by atoms with E-state index >= 15 is 0 Å². The fourth-order valence-corrected chi connectivity index (χ4v) is 4.05. The number of aliphatic hydroxyl groups is 1. The number of hydrogen-bond acceptors (Lipinski definition) is 9. The van der Waals surface area contributed by atoms with Crippen LogP contribution in [0.3, 0.4) is 0 Å². The van der Waals surface area contributed by atoms with Crippen LogP contribution >= 0.6 is 0 Å². The number of aromatic nitrogens is 1. The molecule has 0 spiro atoms. The number of ketones is 2. The third-order valence-corrected chi connectivity index (χ3v) is 5.86. The predicted octanol–water partition coefficient (Wildman–Crippen LogP) is 3.03. The first-order valence-electron chi connectivity index (χ1n) is 11.0. The average Bonchev–Trinajstić information content (AvgIpc) is 3.15. The Bertz CT molecular complexity index is 1320. The van der Waals surface area contributed by atoms with E-state index in [0.29, 0.717) is 17.1 Å². The number of carbonyl (C=O) groups excluding carboxylic acids is 3. The van der Waals surface area contributed by atoms with E-state index in [2.05, 4.69) is 4.98 Å². The monoisotopic (exact) mass is 488 g/mol. The summed E-state index contributed by atoms with van der Waals surface area (Å²) in [5.41, 5.74) is -1.99. The van der Waals surface area contributed by atoms with Crippen LogP contribution in [0.15, 0.2) is 78.5 Å². The summed E-state index contributed by atoms with van der Waals surface area (Å²) in [6.45, 7) is 0. The fraction of sp³-hybridized carbons (Fsp3) is 0.185. The number of rotatable bonds is 8. The van der Waals surface area contributed by atoms with Crippen molar-refractivity contribution in [2.24, 2.45) is 0 Å². The van der Waals surface area contributed by atoms with Gasteiger partial charge in [0.05, 0.1) is 32.6 Å². The SMILES string of the molecule is COC(=O)CC1(O)C(=O)C(C(=O)c2ccc(OC)cc2)=C(c2ccc(OC)cc2)N1c1ccccn1. The minimum absolute atomic E-state index is 0.105. The van der Waals surface area contributed by atoms with Gasteiger partial charge in [0.25, 0.3) is 0 Å². The number of ether oxygens (including phenoxy) is 3. The highest BCUT2D eigenvalue weighted by molar-refractivity contribution is 6.37. The van der Waals surface area contributed by atoms with E-state index in [1.165, 1.54) is 37.4 Å². The lowest BCUT2D eigenvalue weighted by atomic mass is 9.93. The summed E-state index contributed by atoms with van der Waals surface area (Å²) >= 11 is 0. The molecule has 1 atom stereocenters. The molecule has 1 aromatic heterocycles. The van der Waals surface area contributed by atoms with Crippen LogP contribution < -0.4 is 14.4 Å². The summed E-state index contributed by atoms with van der Waals surface area (Å²) in [4.78, 5) is 45.5. The highest BCUT2D eigenvalue weighted by Crippen LogP contribution is 2.44. The molecule has 0 radical (unpaired) electrons. The van der Waals surface area contributed by atoms with Gasteiger partial charge in [0, 0.05) is 11.8 Å². The summed E-state index contributed by atoms with van der Waals surface area (Å²) in [5, 5.41) is 11.8. The van der Waals surface area contributed by atoms with Crippen molar-refractivity contribution in [2.45, 2.75) is 12.1 Å². The molecular formula is C27H24N2O7. The molecule has 9 nitrogen and oxygen atoms in total. The zero-order chi connectivity index (χ0) is 25.9. The maximum absolute atomic E-state index is 13.9. The number of esters is 1. The Labute approximate surface area is 207 Å². The second kappa shape index (κ2) is 10.0. The molecule has 1 N–H and O–H groups in total. The molecule has 1 aliphatic rings. The summed E-state index contributed by atoms with van der Waals surface area (Å²) in [6.07, 6.45) is 0.755. The van der Waals surface area contributed by atoms with Crippen LogP contribution in [-0.2, 0) is 14.3 Å². The first-order chi connectivity index (χ1) is 17.3. The number of Topliss-reactive ketones (excluding diaryl/α,β-unsaturated/α-hetero) is 2. The number of nitrogens with zero attached hydrogens (tertiary/aromatic N) is 2. The summed E-state index contributed by atoms with van der Waals surface area (Å²) in [6, 6.07) is 17.8. The van der Waals surface area contributed by atoms with Crippen LogP contribution in [0, 0.1) is 0 Å². The molecule has 3 aromatic rings. The largest absolute Gasteiger partial charge is 0.497 e. The zero-order valence-electron chi connectivity index (χ0n) is 19.9. The molecular weight excluding hydrogens is 464 g/mol. The smallest absolute Gasteiger partial charge is 0.310 e. The maximum Gasteiger partial charge on any atom is 0.310 e. The van der Waals surface area contributed by atoms with Gasteiger partial charge in [-0.25, -0.2) is 4.98 Å². The minimum atomic E-state index is -2.45. The standard InChI is InChI=1S/C27H24N2O7/c1-34-19-11-7-17(8-12-19)24-23(25(31)18-9-13-20(35-2)14-10-18)26(32)27(33,16-22(30)36-3)29(24)21-6-4-5-15-28-21/h4-15,33H,16H2,1-3H3. The molecule has 2 heterocycles. The first-order valence-corrected chi connectivity index (χ1v) is 11.0. The van der Waals surface area contributed by atoms with E-state index in [1.807, 2.05) is 0 Å². The van der Waals surface area contributed by atoms with E-state index in [9.17, 15) is 19.5 Å². The van der Waals surface area contributed by atoms with Crippen LogP contribution in [0.1, 0.15) is 22.3 Å². The quantitative estimate of drug-likeness (QED) is 0.290. The van der Waals surface area contributed by atoms with Crippen molar-refractivity contribution in [2.75, 3.05) is 26.2 Å². The summed E-state index contributed by atoms with van der Waals surface area (Å²) in [5.74, 6) is -1.15. The Morgan fingerprint density at radius 2 is 1.53 bits per heavy atom. The molecule has 0 fully saturated rings. The van der Waals surface area contributed by atoms with Gasteiger partial charge in [-0.15, -0.1) is 0 Å². The molecule has 4 rings (SSSR count). The molecule has 36 heavy (non-hydrogen) atoms. The highest BCUT2D eigenvalue weighted by Gasteiger charge is 2.56. The van der Waals surface area contributed by atoms with Gasteiger partial charge >= 0.3 is 5.97 Å². The van der Waals surface area contributed by atoms with E-state index in [1.54, 1.807) is 54.6 Å². The third-order valence-electron chi connectivity index (χ3n) is 5.86. The molecule has 0 aliphatic carbocycles. The van der Waals surface area contributed by atoms with Crippen molar-refractivity contribution >= 4 is 29.1 Å². The lowest BCUT2D eigenvalue weighted by molar-refractivity contribution is -0.150. The molecule has 0 bridgehead atoms. The van der Waals surface area contributed by atoms with Gasteiger partial charge in [-0.2, -0.15) is 0 Å². The van der Waals surface area contributed by atoms with E-state index < -0.39 is 29.7 Å². The van der Waals surface area contributed by atoms with Gasteiger partial charge in [0.2, 0.25) is 11.5 Å². The van der Waals surface area contributed by atoms with Crippen molar-refractivity contribution in [3.63, 3.8) is 0 Å². The second-order valence-electron chi connectivity index (χ2n) is 7.93. The van der Waals surface area contributed by atoms with Gasteiger partial charge in [0.15, 0.2) is 5.78 Å². The fourth-order valence-electron chi connectivity index (χ4n) is 4.05. The van der Waals surface area contributed by atoms with Gasteiger partial charge in [-0.05, 0) is 66.2 Å².